The minimum atomic E-state index is -0.633. The van der Waals surface area contributed by atoms with Gasteiger partial charge in [0.1, 0.15) is 0 Å². The zero-order valence-electron chi connectivity index (χ0n) is 9.47. The van der Waals surface area contributed by atoms with Crippen LogP contribution in [-0.2, 0) is 9.53 Å². The molecule has 0 fully saturated rings. The lowest BCUT2D eigenvalue weighted by molar-refractivity contribution is -0.151. The molecule has 5 heteroatoms. The summed E-state index contributed by atoms with van der Waals surface area (Å²) in [6, 6.07) is 3.37. The zero-order valence-corrected chi connectivity index (χ0v) is 9.47. The smallest absolute Gasteiger partial charge is 0.347 e. The van der Waals surface area contributed by atoms with E-state index in [1.54, 1.807) is 25.3 Å². The van der Waals surface area contributed by atoms with Crippen LogP contribution < -0.4 is 10.5 Å². The Morgan fingerprint density at radius 3 is 2.88 bits per heavy atom. The summed E-state index contributed by atoms with van der Waals surface area (Å²) < 4.78 is 10.3. The van der Waals surface area contributed by atoms with Crippen LogP contribution in [0.4, 0.5) is 5.82 Å². The first-order valence-electron chi connectivity index (χ1n) is 5.22. The average Bonchev–Trinajstić information content (AvgIpc) is 2.28. The van der Waals surface area contributed by atoms with Gasteiger partial charge in [0.15, 0.2) is 17.7 Å². The molecule has 5 nitrogen and oxygen atoms in total. The van der Waals surface area contributed by atoms with E-state index in [9.17, 15) is 4.79 Å². The standard InChI is InChI=1S/C11H16N2O3/c1-3-8(11(14)15-4-2)16-9-6-5-7-13-10(9)12/h5-8H,3-4H2,1-2H3,(H2,12,13). The number of anilines is 1. The summed E-state index contributed by atoms with van der Waals surface area (Å²) in [6.07, 6.45) is 1.45. The van der Waals surface area contributed by atoms with E-state index in [1.165, 1.54) is 0 Å². The molecule has 88 valence electrons. The molecule has 1 aromatic heterocycles. The number of pyridine rings is 1. The monoisotopic (exact) mass is 224 g/mol. The van der Waals surface area contributed by atoms with Gasteiger partial charge >= 0.3 is 5.97 Å². The number of nitrogens with zero attached hydrogens (tertiary/aromatic N) is 1. The first-order valence-corrected chi connectivity index (χ1v) is 5.22. The van der Waals surface area contributed by atoms with E-state index in [1.807, 2.05) is 6.92 Å². The highest BCUT2D eigenvalue weighted by atomic mass is 16.6. The molecule has 0 aliphatic heterocycles. The molecule has 0 aromatic carbocycles. The lowest BCUT2D eigenvalue weighted by Gasteiger charge is -2.16. The maximum atomic E-state index is 11.5. The number of nitrogens with two attached hydrogens (primary N) is 1. The Morgan fingerprint density at radius 1 is 1.56 bits per heavy atom. The number of ether oxygens (including phenoxy) is 2. The van der Waals surface area contributed by atoms with Crippen LogP contribution in [0.15, 0.2) is 18.3 Å². The van der Waals surface area contributed by atoms with E-state index in [4.69, 9.17) is 15.2 Å². The molecule has 16 heavy (non-hydrogen) atoms. The van der Waals surface area contributed by atoms with Gasteiger partial charge < -0.3 is 15.2 Å². The number of aromatic nitrogens is 1. The van der Waals surface area contributed by atoms with E-state index in [2.05, 4.69) is 4.98 Å². The first-order chi connectivity index (χ1) is 7.69. The van der Waals surface area contributed by atoms with Crippen LogP contribution in [-0.4, -0.2) is 23.7 Å². The van der Waals surface area contributed by atoms with Crippen molar-refractivity contribution < 1.29 is 14.3 Å². The minimum absolute atomic E-state index is 0.269. The molecule has 1 heterocycles. The van der Waals surface area contributed by atoms with Gasteiger partial charge in [-0.05, 0) is 25.5 Å². The summed E-state index contributed by atoms with van der Waals surface area (Å²) in [4.78, 5) is 15.4. The van der Waals surface area contributed by atoms with Crippen LogP contribution in [0.1, 0.15) is 20.3 Å². The van der Waals surface area contributed by atoms with Gasteiger partial charge in [-0.25, -0.2) is 9.78 Å². The van der Waals surface area contributed by atoms with Crippen molar-refractivity contribution in [1.29, 1.82) is 0 Å². The Balaban J connectivity index is 2.70. The number of rotatable bonds is 5. The lowest BCUT2D eigenvalue weighted by atomic mass is 10.3. The van der Waals surface area contributed by atoms with Crippen molar-refractivity contribution in [1.82, 2.24) is 4.98 Å². The number of esters is 1. The highest BCUT2D eigenvalue weighted by molar-refractivity contribution is 5.75. The number of carbonyl (C=O) groups is 1. The second-order valence-electron chi connectivity index (χ2n) is 3.15. The number of nitrogen functional groups attached to an aromatic ring is 1. The van der Waals surface area contributed by atoms with Crippen molar-refractivity contribution in [3.05, 3.63) is 18.3 Å². The van der Waals surface area contributed by atoms with Crippen LogP contribution in [0.5, 0.6) is 5.75 Å². The highest BCUT2D eigenvalue weighted by Crippen LogP contribution is 2.19. The second kappa shape index (κ2) is 5.95. The van der Waals surface area contributed by atoms with Crippen LogP contribution in [0, 0.1) is 0 Å². The molecule has 2 N–H and O–H groups in total. The van der Waals surface area contributed by atoms with Gasteiger partial charge in [-0.3, -0.25) is 0 Å². The maximum absolute atomic E-state index is 11.5. The molecule has 0 aliphatic rings. The molecule has 0 radical (unpaired) electrons. The predicted molar refractivity (Wildman–Crippen MR) is 60.0 cm³/mol. The maximum Gasteiger partial charge on any atom is 0.347 e. The Morgan fingerprint density at radius 2 is 2.31 bits per heavy atom. The van der Waals surface area contributed by atoms with Crippen molar-refractivity contribution in [3.8, 4) is 5.75 Å². The molecular weight excluding hydrogens is 208 g/mol. The average molecular weight is 224 g/mol. The van der Waals surface area contributed by atoms with Gasteiger partial charge in [-0.1, -0.05) is 6.92 Å². The van der Waals surface area contributed by atoms with Crippen LogP contribution >= 0.6 is 0 Å². The number of hydrogen-bond acceptors (Lipinski definition) is 5. The highest BCUT2D eigenvalue weighted by Gasteiger charge is 2.20. The van der Waals surface area contributed by atoms with Gasteiger partial charge in [0.2, 0.25) is 0 Å². The third-order valence-electron chi connectivity index (χ3n) is 1.99. The van der Waals surface area contributed by atoms with Crippen molar-refractivity contribution in [2.24, 2.45) is 0 Å². The molecule has 0 saturated carbocycles. The topological polar surface area (TPSA) is 74.4 Å². The fourth-order valence-electron chi connectivity index (χ4n) is 1.19. The lowest BCUT2D eigenvalue weighted by Crippen LogP contribution is -2.29. The third-order valence-corrected chi connectivity index (χ3v) is 1.99. The summed E-state index contributed by atoms with van der Waals surface area (Å²) in [7, 11) is 0. The Bertz CT molecular complexity index is 355. The molecule has 0 bridgehead atoms. The van der Waals surface area contributed by atoms with Gasteiger partial charge in [0, 0.05) is 6.20 Å². The van der Waals surface area contributed by atoms with Crippen molar-refractivity contribution >= 4 is 11.8 Å². The third kappa shape index (κ3) is 3.12. The van der Waals surface area contributed by atoms with E-state index in [0.29, 0.717) is 18.8 Å². The molecule has 0 aliphatic carbocycles. The largest absolute Gasteiger partial charge is 0.475 e. The summed E-state index contributed by atoms with van der Waals surface area (Å²) in [5, 5.41) is 0. The Kier molecular flexibility index (Phi) is 4.57. The van der Waals surface area contributed by atoms with E-state index in [0.717, 1.165) is 0 Å². The van der Waals surface area contributed by atoms with Crippen LogP contribution in [0.2, 0.25) is 0 Å². The SMILES string of the molecule is CCOC(=O)C(CC)Oc1cccnc1N. The fourth-order valence-corrected chi connectivity index (χ4v) is 1.19. The zero-order chi connectivity index (χ0) is 12.0. The molecule has 0 spiro atoms. The van der Waals surface area contributed by atoms with Gasteiger partial charge in [0.05, 0.1) is 6.61 Å². The minimum Gasteiger partial charge on any atom is -0.475 e. The van der Waals surface area contributed by atoms with Crippen molar-refractivity contribution in [2.75, 3.05) is 12.3 Å². The Hall–Kier alpha value is -1.78. The quantitative estimate of drug-likeness (QED) is 0.765. The molecule has 1 aromatic rings. The normalized spacial score (nSPS) is 11.9. The number of hydrogen-bond donors (Lipinski definition) is 1. The van der Waals surface area contributed by atoms with Gasteiger partial charge in [0.25, 0.3) is 0 Å². The van der Waals surface area contributed by atoms with E-state index < -0.39 is 6.10 Å². The van der Waals surface area contributed by atoms with Crippen molar-refractivity contribution in [2.45, 2.75) is 26.4 Å². The molecule has 1 unspecified atom stereocenters. The molecule has 1 atom stereocenters. The van der Waals surface area contributed by atoms with E-state index >= 15 is 0 Å². The predicted octanol–water partition coefficient (Wildman–Crippen LogP) is 1.38. The van der Waals surface area contributed by atoms with Gasteiger partial charge in [-0.15, -0.1) is 0 Å². The first kappa shape index (κ1) is 12.3. The summed E-state index contributed by atoms with van der Waals surface area (Å²) >= 11 is 0. The molecule has 0 amide bonds. The Labute approximate surface area is 94.6 Å². The molecular formula is C11H16N2O3. The fraction of sp³-hybridized carbons (Fsp3) is 0.455. The summed E-state index contributed by atoms with van der Waals surface area (Å²) in [5.74, 6) is 0.293. The van der Waals surface area contributed by atoms with Crippen LogP contribution in [0.3, 0.4) is 0 Å². The summed E-state index contributed by atoms with van der Waals surface area (Å²) in [5.41, 5.74) is 5.61. The van der Waals surface area contributed by atoms with E-state index in [-0.39, 0.29) is 11.8 Å². The second-order valence-corrected chi connectivity index (χ2v) is 3.15. The molecule has 0 saturated heterocycles. The molecule has 1 rings (SSSR count). The van der Waals surface area contributed by atoms with Gasteiger partial charge in [-0.2, -0.15) is 0 Å². The van der Waals surface area contributed by atoms with Crippen LogP contribution in [0.25, 0.3) is 0 Å². The summed E-state index contributed by atoms with van der Waals surface area (Å²) in [6.45, 7) is 3.93. The number of carbonyl (C=O) groups excluding carboxylic acids is 1. The van der Waals surface area contributed by atoms with Crippen molar-refractivity contribution in [3.63, 3.8) is 0 Å².